The maximum absolute atomic E-state index is 9.03. The van der Waals surface area contributed by atoms with Crippen LogP contribution in [-0.2, 0) is 0 Å². The summed E-state index contributed by atoms with van der Waals surface area (Å²) in [5.74, 6) is 0.587. The van der Waals surface area contributed by atoms with Crippen molar-refractivity contribution in [3.05, 3.63) is 42.0 Å². The van der Waals surface area contributed by atoms with Crippen molar-refractivity contribution in [1.82, 2.24) is 4.98 Å². The first-order valence-corrected chi connectivity index (χ1v) is 6.26. The molecule has 0 aliphatic carbocycles. The van der Waals surface area contributed by atoms with Gasteiger partial charge in [-0.05, 0) is 11.6 Å². The number of aliphatic hydroxyl groups is 1. The number of nitrogens with zero attached hydrogens (tertiary/aromatic N) is 1. The molecule has 17 heavy (non-hydrogen) atoms. The van der Waals surface area contributed by atoms with Gasteiger partial charge >= 0.3 is 0 Å². The predicted octanol–water partition coefficient (Wildman–Crippen LogP) is 2.64. The van der Waals surface area contributed by atoms with Gasteiger partial charge in [-0.3, -0.25) is 0 Å². The normalized spacial score (nSPS) is 10.1. The lowest BCUT2D eigenvalue weighted by molar-refractivity contribution is 0.322. The second kappa shape index (κ2) is 5.58. The maximum Gasteiger partial charge on any atom is 0.102 e. The third-order valence-corrected chi connectivity index (χ3v) is 3.32. The van der Waals surface area contributed by atoms with Crippen molar-refractivity contribution in [2.24, 2.45) is 0 Å². The number of aliphatic hydroxyl groups excluding tert-OH is 1. The molecule has 0 saturated carbocycles. The van der Waals surface area contributed by atoms with Gasteiger partial charge in [0.1, 0.15) is 6.07 Å². The molecule has 0 aliphatic heterocycles. The molecule has 4 heteroatoms. The molecule has 0 bridgehead atoms. The van der Waals surface area contributed by atoms with Crippen molar-refractivity contribution in [1.29, 1.82) is 5.26 Å². The van der Waals surface area contributed by atoms with Gasteiger partial charge in [0.05, 0.1) is 17.2 Å². The van der Waals surface area contributed by atoms with Gasteiger partial charge < -0.3 is 10.1 Å². The van der Waals surface area contributed by atoms with Gasteiger partial charge in [0.2, 0.25) is 0 Å². The molecule has 0 aliphatic rings. The Bertz CT molecular complexity index is 528. The van der Waals surface area contributed by atoms with Crippen LogP contribution in [0.2, 0.25) is 0 Å². The monoisotopic (exact) mass is 244 g/mol. The SMILES string of the molecule is N#Cc1cc(-c2ccccc2)[nH]c1SCCO. The third-order valence-electron chi connectivity index (χ3n) is 2.32. The number of thioether (sulfide) groups is 1. The van der Waals surface area contributed by atoms with Crippen LogP contribution in [-0.4, -0.2) is 22.5 Å². The summed E-state index contributed by atoms with van der Waals surface area (Å²) in [6.45, 7) is 0.106. The highest BCUT2D eigenvalue weighted by molar-refractivity contribution is 7.99. The van der Waals surface area contributed by atoms with Gasteiger partial charge in [-0.2, -0.15) is 5.26 Å². The fourth-order valence-electron chi connectivity index (χ4n) is 1.55. The van der Waals surface area contributed by atoms with Crippen LogP contribution in [0.4, 0.5) is 0 Å². The predicted molar refractivity (Wildman–Crippen MR) is 68.8 cm³/mol. The number of benzene rings is 1. The average Bonchev–Trinajstić information content (AvgIpc) is 2.80. The van der Waals surface area contributed by atoms with Crippen molar-refractivity contribution >= 4 is 11.8 Å². The molecule has 0 spiro atoms. The first kappa shape index (κ1) is 11.8. The molecule has 0 atom stereocenters. The van der Waals surface area contributed by atoms with Gasteiger partial charge in [-0.1, -0.05) is 30.3 Å². The fraction of sp³-hybridized carbons (Fsp3) is 0.154. The summed E-state index contributed by atoms with van der Waals surface area (Å²) in [4.78, 5) is 3.21. The molecule has 1 heterocycles. The maximum atomic E-state index is 9.03. The van der Waals surface area contributed by atoms with Crippen molar-refractivity contribution in [2.75, 3.05) is 12.4 Å². The molecule has 2 aromatic rings. The molecular weight excluding hydrogens is 232 g/mol. The van der Waals surface area contributed by atoms with E-state index in [2.05, 4.69) is 11.1 Å². The lowest BCUT2D eigenvalue weighted by Gasteiger charge is -1.97. The Hall–Kier alpha value is -1.70. The van der Waals surface area contributed by atoms with E-state index in [1.807, 2.05) is 36.4 Å². The fourth-order valence-corrected chi connectivity index (χ4v) is 2.29. The largest absolute Gasteiger partial charge is 0.396 e. The molecule has 1 aromatic carbocycles. The topological polar surface area (TPSA) is 59.8 Å². The van der Waals surface area contributed by atoms with E-state index in [9.17, 15) is 0 Å². The molecule has 0 amide bonds. The number of nitrogens with one attached hydrogen (secondary N) is 1. The summed E-state index contributed by atoms with van der Waals surface area (Å²) in [5.41, 5.74) is 2.62. The number of hydrogen-bond acceptors (Lipinski definition) is 3. The quantitative estimate of drug-likeness (QED) is 0.813. The Morgan fingerprint density at radius 1 is 1.29 bits per heavy atom. The zero-order valence-electron chi connectivity index (χ0n) is 9.18. The van der Waals surface area contributed by atoms with Crippen molar-refractivity contribution in [2.45, 2.75) is 5.03 Å². The van der Waals surface area contributed by atoms with E-state index in [1.165, 1.54) is 11.8 Å². The molecule has 2 N–H and O–H groups in total. The number of aromatic nitrogens is 1. The second-order valence-corrected chi connectivity index (χ2v) is 4.58. The van der Waals surface area contributed by atoms with Gasteiger partial charge in [-0.25, -0.2) is 0 Å². The average molecular weight is 244 g/mol. The van der Waals surface area contributed by atoms with Crippen LogP contribution in [0.1, 0.15) is 5.56 Å². The number of nitriles is 1. The van der Waals surface area contributed by atoms with Crippen LogP contribution in [0.3, 0.4) is 0 Å². The van der Waals surface area contributed by atoms with Crippen LogP contribution in [0, 0.1) is 11.3 Å². The summed E-state index contributed by atoms with van der Waals surface area (Å²) in [5, 5.41) is 18.6. The molecule has 0 unspecified atom stereocenters. The Kier molecular flexibility index (Phi) is 3.86. The zero-order chi connectivity index (χ0) is 12.1. The highest BCUT2D eigenvalue weighted by Gasteiger charge is 2.09. The zero-order valence-corrected chi connectivity index (χ0v) is 10.00. The minimum absolute atomic E-state index is 0.106. The Morgan fingerprint density at radius 3 is 2.71 bits per heavy atom. The van der Waals surface area contributed by atoms with Crippen LogP contribution in [0.15, 0.2) is 41.4 Å². The van der Waals surface area contributed by atoms with Crippen LogP contribution in [0.25, 0.3) is 11.3 Å². The second-order valence-electron chi connectivity index (χ2n) is 3.48. The molecule has 0 radical (unpaired) electrons. The number of aromatic amines is 1. The molecule has 0 saturated heterocycles. The molecule has 1 aromatic heterocycles. The van der Waals surface area contributed by atoms with E-state index >= 15 is 0 Å². The van der Waals surface area contributed by atoms with Gasteiger partial charge in [0.25, 0.3) is 0 Å². The van der Waals surface area contributed by atoms with E-state index in [0.29, 0.717) is 11.3 Å². The smallest absolute Gasteiger partial charge is 0.102 e. The van der Waals surface area contributed by atoms with Crippen LogP contribution in [0.5, 0.6) is 0 Å². The van der Waals surface area contributed by atoms with E-state index in [0.717, 1.165) is 16.3 Å². The molecular formula is C13H12N2OS. The van der Waals surface area contributed by atoms with Crippen molar-refractivity contribution in [3.8, 4) is 17.3 Å². The van der Waals surface area contributed by atoms with Crippen LogP contribution >= 0.6 is 11.8 Å². The Morgan fingerprint density at radius 2 is 2.06 bits per heavy atom. The molecule has 3 nitrogen and oxygen atoms in total. The van der Waals surface area contributed by atoms with Crippen molar-refractivity contribution < 1.29 is 5.11 Å². The van der Waals surface area contributed by atoms with Crippen molar-refractivity contribution in [3.63, 3.8) is 0 Å². The highest BCUT2D eigenvalue weighted by Crippen LogP contribution is 2.27. The Labute approximate surface area is 104 Å². The lowest BCUT2D eigenvalue weighted by Crippen LogP contribution is -1.87. The summed E-state index contributed by atoms with van der Waals surface area (Å²) in [7, 11) is 0. The standard InChI is InChI=1S/C13H12N2OS/c14-9-11-8-12(10-4-2-1-3-5-10)15-13(11)17-7-6-16/h1-5,8,15-16H,6-7H2. The summed E-state index contributed by atoms with van der Waals surface area (Å²) >= 11 is 1.46. The van der Waals surface area contributed by atoms with Gasteiger partial charge in [0, 0.05) is 11.4 Å². The molecule has 86 valence electrons. The summed E-state index contributed by atoms with van der Waals surface area (Å²) in [6, 6.07) is 13.9. The van der Waals surface area contributed by atoms with Gasteiger partial charge in [-0.15, -0.1) is 11.8 Å². The van der Waals surface area contributed by atoms with E-state index < -0.39 is 0 Å². The third kappa shape index (κ3) is 2.70. The van der Waals surface area contributed by atoms with Crippen LogP contribution < -0.4 is 0 Å². The summed E-state index contributed by atoms with van der Waals surface area (Å²) < 4.78 is 0. The van der Waals surface area contributed by atoms with E-state index in [1.54, 1.807) is 0 Å². The molecule has 2 rings (SSSR count). The van der Waals surface area contributed by atoms with Gasteiger partial charge in [0.15, 0.2) is 0 Å². The first-order chi connectivity index (χ1) is 8.35. The number of H-pyrrole nitrogens is 1. The first-order valence-electron chi connectivity index (χ1n) is 5.27. The molecule has 0 fully saturated rings. The minimum Gasteiger partial charge on any atom is -0.396 e. The number of hydrogen-bond donors (Lipinski definition) is 2. The Balaban J connectivity index is 2.32. The highest BCUT2D eigenvalue weighted by atomic mass is 32.2. The minimum atomic E-state index is 0.106. The van der Waals surface area contributed by atoms with E-state index in [-0.39, 0.29) is 6.61 Å². The van der Waals surface area contributed by atoms with E-state index in [4.69, 9.17) is 10.4 Å². The lowest BCUT2D eigenvalue weighted by atomic mass is 10.1. The number of rotatable bonds is 4. The summed E-state index contributed by atoms with van der Waals surface area (Å²) in [6.07, 6.45) is 0.